The molecule has 0 aliphatic heterocycles. The van der Waals surface area contributed by atoms with E-state index in [1.54, 1.807) is 12.3 Å². The van der Waals surface area contributed by atoms with Crippen molar-refractivity contribution in [1.29, 1.82) is 0 Å². The van der Waals surface area contributed by atoms with Crippen molar-refractivity contribution in [1.82, 2.24) is 20.2 Å². The number of fused-ring (bicyclic) bond motifs is 1. The minimum absolute atomic E-state index is 0.0647. The number of nitrogens with one attached hydrogen (secondary N) is 1. The van der Waals surface area contributed by atoms with Crippen molar-refractivity contribution in [3.8, 4) is 17.2 Å². The Morgan fingerprint density at radius 3 is 2.85 bits per heavy atom. The summed E-state index contributed by atoms with van der Waals surface area (Å²) in [6, 6.07) is 8.43. The Hall–Kier alpha value is -3.36. The van der Waals surface area contributed by atoms with Crippen molar-refractivity contribution in [3.63, 3.8) is 0 Å². The molecule has 132 valence electrons. The minimum atomic E-state index is -2.89. The third-order valence-corrected chi connectivity index (χ3v) is 3.71. The van der Waals surface area contributed by atoms with Crippen LogP contribution in [0.3, 0.4) is 0 Å². The van der Waals surface area contributed by atoms with Crippen LogP contribution in [0.4, 0.5) is 13.2 Å². The smallest absolute Gasteiger partial charge is 0.314 e. The minimum Gasteiger partial charge on any atom is -0.486 e. The Labute approximate surface area is 144 Å². The molecule has 0 aliphatic carbocycles. The molecule has 26 heavy (non-hydrogen) atoms. The molecule has 0 amide bonds. The highest BCUT2D eigenvalue weighted by atomic mass is 19.3. The van der Waals surface area contributed by atoms with E-state index in [4.69, 9.17) is 9.15 Å². The Balaban J connectivity index is 1.53. The van der Waals surface area contributed by atoms with Crippen molar-refractivity contribution in [3.05, 3.63) is 60.1 Å². The highest BCUT2D eigenvalue weighted by Gasteiger charge is 2.18. The number of alkyl halides is 2. The summed E-state index contributed by atoms with van der Waals surface area (Å²) in [6.45, 7) is -0.0947. The number of aromatic amines is 1. The number of H-pyrrole nitrogens is 1. The van der Waals surface area contributed by atoms with E-state index < -0.39 is 18.1 Å². The molecule has 4 aromatic rings. The zero-order valence-corrected chi connectivity index (χ0v) is 13.1. The second-order valence-corrected chi connectivity index (χ2v) is 5.38. The number of nitrogens with zero attached hydrogens (tertiary/aromatic N) is 3. The van der Waals surface area contributed by atoms with E-state index in [0.29, 0.717) is 5.75 Å². The van der Waals surface area contributed by atoms with E-state index in [2.05, 4.69) is 20.2 Å². The van der Waals surface area contributed by atoms with E-state index in [0.717, 1.165) is 17.0 Å². The van der Waals surface area contributed by atoms with Gasteiger partial charge in [0.1, 0.15) is 23.9 Å². The molecule has 1 aromatic carbocycles. The highest BCUT2D eigenvalue weighted by molar-refractivity contribution is 5.85. The van der Waals surface area contributed by atoms with Gasteiger partial charge in [-0.3, -0.25) is 4.98 Å². The van der Waals surface area contributed by atoms with Crippen LogP contribution in [0.2, 0.25) is 0 Å². The zero-order valence-electron chi connectivity index (χ0n) is 13.1. The van der Waals surface area contributed by atoms with Gasteiger partial charge in [-0.15, -0.1) is 10.2 Å². The van der Waals surface area contributed by atoms with Crippen LogP contribution in [-0.2, 0) is 6.61 Å². The number of benzene rings is 1. The third kappa shape index (κ3) is 2.99. The van der Waals surface area contributed by atoms with Crippen LogP contribution in [-0.4, -0.2) is 20.2 Å². The summed E-state index contributed by atoms with van der Waals surface area (Å²) in [5.41, 5.74) is 1.07. The fourth-order valence-corrected chi connectivity index (χ4v) is 2.46. The quantitative estimate of drug-likeness (QED) is 0.575. The maximum atomic E-state index is 14.3. The van der Waals surface area contributed by atoms with Gasteiger partial charge in [0.15, 0.2) is 0 Å². The molecule has 0 saturated carbocycles. The average Bonchev–Trinajstić information content (AvgIpc) is 3.30. The molecule has 0 aliphatic rings. The average molecular weight is 360 g/mol. The molecule has 0 fully saturated rings. The predicted octanol–water partition coefficient (Wildman–Crippen LogP) is 4.27. The molecule has 0 bridgehead atoms. The maximum Gasteiger partial charge on any atom is 0.314 e. The number of hydrogen-bond acceptors (Lipinski definition) is 5. The van der Waals surface area contributed by atoms with Crippen molar-refractivity contribution >= 4 is 10.9 Å². The molecule has 0 spiro atoms. The van der Waals surface area contributed by atoms with Gasteiger partial charge in [-0.1, -0.05) is 6.07 Å². The van der Waals surface area contributed by atoms with Gasteiger partial charge in [-0.2, -0.15) is 8.78 Å². The number of halogens is 3. The molecule has 0 unspecified atom stereocenters. The van der Waals surface area contributed by atoms with Crippen LogP contribution >= 0.6 is 0 Å². The van der Waals surface area contributed by atoms with Crippen LogP contribution < -0.4 is 4.74 Å². The van der Waals surface area contributed by atoms with Gasteiger partial charge in [0.25, 0.3) is 5.89 Å². The lowest BCUT2D eigenvalue weighted by molar-refractivity contribution is 0.116. The molecule has 9 heteroatoms. The lowest BCUT2D eigenvalue weighted by atomic mass is 10.2. The first-order valence-corrected chi connectivity index (χ1v) is 7.57. The van der Waals surface area contributed by atoms with Crippen LogP contribution in [0, 0.1) is 5.82 Å². The Kier molecular flexibility index (Phi) is 4.04. The Morgan fingerprint density at radius 1 is 1.19 bits per heavy atom. The molecule has 0 saturated heterocycles. The first kappa shape index (κ1) is 16.1. The molecular weight excluding hydrogens is 349 g/mol. The topological polar surface area (TPSA) is 76.8 Å². The van der Waals surface area contributed by atoms with Gasteiger partial charge in [0, 0.05) is 23.3 Å². The molecule has 3 aromatic heterocycles. The fraction of sp³-hybridized carbons (Fsp3) is 0.118. The number of hydrogen-bond donors (Lipinski definition) is 1. The SMILES string of the molecule is Fc1cc(-c2nnc(C(F)F)o2)cnc1COc1cccc2[nH]ccc12. The van der Waals surface area contributed by atoms with Crippen LogP contribution in [0.15, 0.2) is 47.1 Å². The van der Waals surface area contributed by atoms with Gasteiger partial charge in [-0.25, -0.2) is 4.39 Å². The third-order valence-electron chi connectivity index (χ3n) is 3.71. The standard InChI is InChI=1S/C17H11F3N4O2/c18-11-6-9(16-23-24-17(26-16)15(19)20)7-22-13(11)8-25-14-3-1-2-12-10(14)4-5-21-12/h1-7,15,21H,8H2. The summed E-state index contributed by atoms with van der Waals surface area (Å²) in [6.07, 6.45) is 0.155. The van der Waals surface area contributed by atoms with E-state index in [1.807, 2.05) is 18.2 Å². The van der Waals surface area contributed by atoms with Gasteiger partial charge >= 0.3 is 6.43 Å². The lowest BCUT2D eigenvalue weighted by Crippen LogP contribution is -2.02. The summed E-state index contributed by atoms with van der Waals surface area (Å²) < 4.78 is 49.7. The second kappa shape index (κ2) is 6.51. The van der Waals surface area contributed by atoms with Crippen molar-refractivity contribution in [2.24, 2.45) is 0 Å². The molecule has 1 N–H and O–H groups in total. The predicted molar refractivity (Wildman–Crippen MR) is 85.1 cm³/mol. The Bertz CT molecular complexity index is 1060. The zero-order chi connectivity index (χ0) is 18.1. The van der Waals surface area contributed by atoms with E-state index >= 15 is 0 Å². The molecular formula is C17H11F3N4O2. The van der Waals surface area contributed by atoms with Gasteiger partial charge in [-0.05, 0) is 24.3 Å². The van der Waals surface area contributed by atoms with Crippen LogP contribution in [0.1, 0.15) is 18.0 Å². The van der Waals surface area contributed by atoms with Crippen molar-refractivity contribution < 1.29 is 22.3 Å². The molecule has 4 rings (SSSR count). The molecule has 0 atom stereocenters. The molecule has 6 nitrogen and oxygen atoms in total. The highest BCUT2D eigenvalue weighted by Crippen LogP contribution is 2.26. The summed E-state index contributed by atoms with van der Waals surface area (Å²) >= 11 is 0. The van der Waals surface area contributed by atoms with Crippen LogP contribution in [0.25, 0.3) is 22.4 Å². The first-order valence-electron chi connectivity index (χ1n) is 7.57. The van der Waals surface area contributed by atoms with E-state index in [9.17, 15) is 13.2 Å². The van der Waals surface area contributed by atoms with Crippen molar-refractivity contribution in [2.75, 3.05) is 0 Å². The summed E-state index contributed by atoms with van der Waals surface area (Å²) in [5.74, 6) is -1.13. The molecule has 3 heterocycles. The number of aromatic nitrogens is 4. The maximum absolute atomic E-state index is 14.3. The lowest BCUT2D eigenvalue weighted by Gasteiger charge is -2.08. The monoisotopic (exact) mass is 360 g/mol. The second-order valence-electron chi connectivity index (χ2n) is 5.38. The normalized spacial score (nSPS) is 11.4. The van der Waals surface area contributed by atoms with Gasteiger partial charge < -0.3 is 14.1 Å². The summed E-state index contributed by atoms with van der Waals surface area (Å²) in [5, 5.41) is 7.53. The number of pyridine rings is 1. The fourth-order valence-electron chi connectivity index (χ4n) is 2.46. The summed E-state index contributed by atoms with van der Waals surface area (Å²) in [4.78, 5) is 7.03. The Morgan fingerprint density at radius 2 is 2.08 bits per heavy atom. The van der Waals surface area contributed by atoms with Crippen LogP contribution in [0.5, 0.6) is 5.75 Å². The number of rotatable bonds is 5. The van der Waals surface area contributed by atoms with E-state index in [1.165, 1.54) is 6.20 Å². The van der Waals surface area contributed by atoms with E-state index in [-0.39, 0.29) is 23.8 Å². The largest absolute Gasteiger partial charge is 0.486 e. The molecule has 0 radical (unpaired) electrons. The number of ether oxygens (including phenoxy) is 1. The van der Waals surface area contributed by atoms with Gasteiger partial charge in [0.2, 0.25) is 5.89 Å². The summed E-state index contributed by atoms with van der Waals surface area (Å²) in [7, 11) is 0. The van der Waals surface area contributed by atoms with Gasteiger partial charge in [0.05, 0.1) is 5.56 Å². The van der Waals surface area contributed by atoms with Crippen molar-refractivity contribution in [2.45, 2.75) is 13.0 Å². The first-order chi connectivity index (χ1) is 12.6.